The summed E-state index contributed by atoms with van der Waals surface area (Å²) in [7, 11) is 0. The highest BCUT2D eigenvalue weighted by Crippen LogP contribution is 2.32. The minimum Gasteiger partial charge on any atom is -0.395 e. The molecule has 1 aliphatic heterocycles. The fourth-order valence-electron chi connectivity index (χ4n) is 3.43. The first-order valence-corrected chi connectivity index (χ1v) is 7.37. The van der Waals surface area contributed by atoms with Gasteiger partial charge in [0.05, 0.1) is 6.61 Å². The van der Waals surface area contributed by atoms with Gasteiger partial charge in [-0.2, -0.15) is 0 Å². The van der Waals surface area contributed by atoms with E-state index in [1.807, 2.05) is 0 Å². The Morgan fingerprint density at radius 2 is 1.94 bits per heavy atom. The number of hydrogen-bond donors (Lipinski definition) is 2. The van der Waals surface area contributed by atoms with E-state index in [-0.39, 0.29) is 0 Å². The topological polar surface area (TPSA) is 35.5 Å². The molecular weight excluding hydrogens is 212 g/mol. The summed E-state index contributed by atoms with van der Waals surface area (Å²) < 4.78 is 0. The van der Waals surface area contributed by atoms with Crippen LogP contribution in [0.2, 0.25) is 0 Å². The number of nitrogens with one attached hydrogen (secondary N) is 1. The first-order chi connectivity index (χ1) is 8.31. The fraction of sp³-hybridized carbons (Fsp3) is 1.00. The van der Waals surface area contributed by atoms with E-state index in [4.69, 9.17) is 0 Å². The highest BCUT2D eigenvalue weighted by atomic mass is 16.3. The van der Waals surface area contributed by atoms with Crippen LogP contribution in [0.1, 0.15) is 39.0 Å². The molecule has 0 aromatic heterocycles. The molecular formula is C14H28N2O. The fourth-order valence-corrected chi connectivity index (χ4v) is 3.43. The molecule has 0 radical (unpaired) electrons. The smallest absolute Gasteiger partial charge is 0.0589 e. The second kappa shape index (κ2) is 6.72. The summed E-state index contributed by atoms with van der Waals surface area (Å²) >= 11 is 0. The van der Waals surface area contributed by atoms with Gasteiger partial charge < -0.3 is 10.4 Å². The minimum absolute atomic E-state index is 0.346. The predicted octanol–water partition coefficient (Wildman–Crippen LogP) is 1.47. The van der Waals surface area contributed by atoms with Gasteiger partial charge in [-0.15, -0.1) is 0 Å². The Balaban J connectivity index is 1.89. The van der Waals surface area contributed by atoms with Gasteiger partial charge >= 0.3 is 0 Å². The normalized spacial score (nSPS) is 34.2. The standard InChI is InChI=1S/C14H28N2O/c1-12-3-5-13(6-4-12)14(11-17)16-9-2-7-15-8-10-16/h12-15,17H,2-11H2,1H3. The molecule has 2 fully saturated rings. The summed E-state index contributed by atoms with van der Waals surface area (Å²) in [5, 5.41) is 13.2. The van der Waals surface area contributed by atoms with E-state index >= 15 is 0 Å². The van der Waals surface area contributed by atoms with E-state index in [0.29, 0.717) is 12.6 Å². The van der Waals surface area contributed by atoms with Crippen LogP contribution in [-0.4, -0.2) is 48.8 Å². The van der Waals surface area contributed by atoms with Crippen molar-refractivity contribution in [2.45, 2.75) is 45.1 Å². The highest BCUT2D eigenvalue weighted by molar-refractivity contribution is 4.84. The molecule has 3 heteroatoms. The SMILES string of the molecule is CC1CCC(C(CO)N2CCCNCC2)CC1. The molecule has 0 bridgehead atoms. The molecule has 2 rings (SSSR count). The summed E-state index contributed by atoms with van der Waals surface area (Å²) in [6, 6.07) is 0.419. The van der Waals surface area contributed by atoms with E-state index in [0.717, 1.165) is 38.0 Å². The van der Waals surface area contributed by atoms with Crippen LogP contribution in [0.15, 0.2) is 0 Å². The molecule has 1 heterocycles. The maximum absolute atomic E-state index is 9.73. The third kappa shape index (κ3) is 3.67. The molecule has 2 N–H and O–H groups in total. The van der Waals surface area contributed by atoms with E-state index in [9.17, 15) is 5.11 Å². The number of aliphatic hydroxyl groups excluding tert-OH is 1. The zero-order valence-electron chi connectivity index (χ0n) is 11.2. The van der Waals surface area contributed by atoms with E-state index < -0.39 is 0 Å². The monoisotopic (exact) mass is 240 g/mol. The van der Waals surface area contributed by atoms with E-state index in [2.05, 4.69) is 17.1 Å². The Morgan fingerprint density at radius 3 is 2.65 bits per heavy atom. The minimum atomic E-state index is 0.346. The van der Waals surface area contributed by atoms with E-state index in [1.54, 1.807) is 0 Å². The van der Waals surface area contributed by atoms with Crippen molar-refractivity contribution in [2.24, 2.45) is 11.8 Å². The molecule has 0 spiro atoms. The van der Waals surface area contributed by atoms with Gasteiger partial charge in [0, 0.05) is 19.1 Å². The summed E-state index contributed by atoms with van der Waals surface area (Å²) in [4.78, 5) is 2.53. The van der Waals surface area contributed by atoms with Crippen molar-refractivity contribution in [3.8, 4) is 0 Å². The van der Waals surface area contributed by atoms with Crippen molar-refractivity contribution in [3.05, 3.63) is 0 Å². The summed E-state index contributed by atoms with van der Waals surface area (Å²) in [6.45, 7) is 7.19. The molecule has 2 aliphatic rings. The molecule has 100 valence electrons. The molecule has 1 aliphatic carbocycles. The Bertz CT molecular complexity index is 206. The van der Waals surface area contributed by atoms with Gasteiger partial charge in [-0.05, 0) is 44.2 Å². The second-order valence-electron chi connectivity index (χ2n) is 5.91. The average molecular weight is 240 g/mol. The Hall–Kier alpha value is -0.120. The number of nitrogens with zero attached hydrogens (tertiary/aromatic N) is 1. The highest BCUT2D eigenvalue weighted by Gasteiger charge is 2.29. The van der Waals surface area contributed by atoms with Crippen LogP contribution in [0, 0.1) is 11.8 Å². The lowest BCUT2D eigenvalue weighted by Crippen LogP contribution is -2.45. The van der Waals surface area contributed by atoms with Gasteiger partial charge in [0.2, 0.25) is 0 Å². The second-order valence-corrected chi connectivity index (χ2v) is 5.91. The number of hydrogen-bond acceptors (Lipinski definition) is 3. The molecule has 1 unspecified atom stereocenters. The summed E-state index contributed by atoms with van der Waals surface area (Å²) in [5.74, 6) is 1.63. The largest absolute Gasteiger partial charge is 0.395 e. The third-order valence-corrected chi connectivity index (χ3v) is 4.64. The quantitative estimate of drug-likeness (QED) is 0.784. The Morgan fingerprint density at radius 1 is 1.18 bits per heavy atom. The number of aliphatic hydroxyl groups is 1. The number of rotatable bonds is 3. The zero-order chi connectivity index (χ0) is 12.1. The van der Waals surface area contributed by atoms with Crippen molar-refractivity contribution < 1.29 is 5.11 Å². The third-order valence-electron chi connectivity index (χ3n) is 4.64. The summed E-state index contributed by atoms with van der Waals surface area (Å²) in [5.41, 5.74) is 0. The van der Waals surface area contributed by atoms with Crippen LogP contribution in [0.3, 0.4) is 0 Å². The molecule has 1 atom stereocenters. The Kier molecular flexibility index (Phi) is 5.26. The van der Waals surface area contributed by atoms with Gasteiger partial charge in [0.15, 0.2) is 0 Å². The van der Waals surface area contributed by atoms with Gasteiger partial charge in [-0.3, -0.25) is 4.90 Å². The first-order valence-electron chi connectivity index (χ1n) is 7.37. The zero-order valence-corrected chi connectivity index (χ0v) is 11.2. The molecule has 0 amide bonds. The van der Waals surface area contributed by atoms with E-state index in [1.165, 1.54) is 32.1 Å². The van der Waals surface area contributed by atoms with Gasteiger partial charge in [-0.1, -0.05) is 19.8 Å². The lowest BCUT2D eigenvalue weighted by Gasteiger charge is -2.38. The van der Waals surface area contributed by atoms with Crippen molar-refractivity contribution >= 4 is 0 Å². The maximum atomic E-state index is 9.73. The molecule has 0 aromatic carbocycles. The molecule has 0 aromatic rings. The molecule has 1 saturated heterocycles. The van der Waals surface area contributed by atoms with Crippen molar-refractivity contribution in [3.63, 3.8) is 0 Å². The van der Waals surface area contributed by atoms with Crippen LogP contribution >= 0.6 is 0 Å². The average Bonchev–Trinajstić information content (AvgIpc) is 2.62. The van der Waals surface area contributed by atoms with Crippen molar-refractivity contribution in [2.75, 3.05) is 32.8 Å². The first kappa shape index (κ1) is 13.3. The lowest BCUT2D eigenvalue weighted by atomic mass is 9.79. The lowest BCUT2D eigenvalue weighted by molar-refractivity contribution is 0.0627. The van der Waals surface area contributed by atoms with Crippen LogP contribution in [0.25, 0.3) is 0 Å². The summed E-state index contributed by atoms with van der Waals surface area (Å²) in [6.07, 6.45) is 6.56. The van der Waals surface area contributed by atoms with Crippen LogP contribution in [-0.2, 0) is 0 Å². The molecule has 17 heavy (non-hydrogen) atoms. The van der Waals surface area contributed by atoms with Crippen molar-refractivity contribution in [1.82, 2.24) is 10.2 Å². The van der Waals surface area contributed by atoms with Crippen LogP contribution < -0.4 is 5.32 Å². The van der Waals surface area contributed by atoms with Crippen LogP contribution in [0.4, 0.5) is 0 Å². The molecule has 1 saturated carbocycles. The van der Waals surface area contributed by atoms with Gasteiger partial charge in [-0.25, -0.2) is 0 Å². The Labute approximate surface area is 106 Å². The van der Waals surface area contributed by atoms with Crippen LogP contribution in [0.5, 0.6) is 0 Å². The predicted molar refractivity (Wildman–Crippen MR) is 71.1 cm³/mol. The van der Waals surface area contributed by atoms with Crippen molar-refractivity contribution in [1.29, 1.82) is 0 Å². The van der Waals surface area contributed by atoms with Gasteiger partial charge in [0.1, 0.15) is 0 Å². The van der Waals surface area contributed by atoms with Gasteiger partial charge in [0.25, 0.3) is 0 Å². The molecule has 3 nitrogen and oxygen atoms in total. The maximum Gasteiger partial charge on any atom is 0.0589 e.